The number of esters is 1. The van der Waals surface area contributed by atoms with E-state index in [1.54, 1.807) is 0 Å². The lowest BCUT2D eigenvalue weighted by Gasteiger charge is -2.17. The lowest BCUT2D eigenvalue weighted by molar-refractivity contribution is -0.274. The fraction of sp³-hybridized carbons (Fsp3) is 0.222. The second-order valence-electron chi connectivity index (χ2n) is 5.80. The van der Waals surface area contributed by atoms with Crippen LogP contribution in [0, 0.1) is 0 Å². The molecule has 0 saturated carbocycles. The predicted octanol–water partition coefficient (Wildman–Crippen LogP) is 5.44. The van der Waals surface area contributed by atoms with Gasteiger partial charge in [0.1, 0.15) is 5.75 Å². The minimum atomic E-state index is -4.91. The molecule has 2 aromatic rings. The van der Waals surface area contributed by atoms with Gasteiger partial charge in [-0.05, 0) is 49.4 Å². The zero-order valence-electron chi connectivity index (χ0n) is 14.9. The number of nitrogens with one attached hydrogen (secondary N) is 1. The van der Waals surface area contributed by atoms with Crippen LogP contribution in [0.4, 0.5) is 32.0 Å². The van der Waals surface area contributed by atoms with Crippen LogP contribution in [0.15, 0.2) is 42.5 Å². The van der Waals surface area contributed by atoms with Crippen LogP contribution < -0.4 is 10.1 Å². The number of halogens is 7. The van der Waals surface area contributed by atoms with Crippen molar-refractivity contribution >= 4 is 29.2 Å². The zero-order chi connectivity index (χ0) is 22.7. The van der Waals surface area contributed by atoms with Crippen molar-refractivity contribution < 1.29 is 45.4 Å². The molecule has 5 nitrogen and oxygen atoms in total. The van der Waals surface area contributed by atoms with E-state index in [2.05, 4.69) is 4.74 Å². The summed E-state index contributed by atoms with van der Waals surface area (Å²) >= 11 is 5.55. The van der Waals surface area contributed by atoms with Gasteiger partial charge in [-0.25, -0.2) is 4.79 Å². The molecule has 1 atom stereocenters. The lowest BCUT2D eigenvalue weighted by Crippen LogP contribution is -2.30. The second kappa shape index (κ2) is 8.82. The molecule has 2 aromatic carbocycles. The SMILES string of the molecule is CC(OC(=O)c1ccc(OC(F)(F)F)cc1)C(=O)Nc1ccc(Cl)cc1C(F)(F)F. The van der Waals surface area contributed by atoms with Crippen LogP contribution >= 0.6 is 11.6 Å². The molecule has 1 N–H and O–H groups in total. The first-order valence-corrected chi connectivity index (χ1v) is 8.38. The van der Waals surface area contributed by atoms with Gasteiger partial charge in [-0.3, -0.25) is 4.79 Å². The van der Waals surface area contributed by atoms with E-state index in [0.717, 1.165) is 43.3 Å². The number of carbonyl (C=O) groups is 2. The summed E-state index contributed by atoms with van der Waals surface area (Å²) < 4.78 is 84.1. The number of ether oxygens (including phenoxy) is 2. The molecule has 0 aromatic heterocycles. The van der Waals surface area contributed by atoms with Gasteiger partial charge in [0.25, 0.3) is 5.91 Å². The number of carbonyl (C=O) groups excluding carboxylic acids is 2. The molecule has 0 aliphatic rings. The summed E-state index contributed by atoms with van der Waals surface area (Å²) in [5.74, 6) is -2.72. The van der Waals surface area contributed by atoms with E-state index in [1.807, 2.05) is 5.32 Å². The van der Waals surface area contributed by atoms with Gasteiger partial charge in [0.05, 0.1) is 16.8 Å². The maximum absolute atomic E-state index is 13.1. The van der Waals surface area contributed by atoms with Gasteiger partial charge in [-0.2, -0.15) is 13.2 Å². The lowest BCUT2D eigenvalue weighted by atomic mass is 10.1. The normalized spacial score (nSPS) is 12.8. The number of anilines is 1. The Morgan fingerprint density at radius 1 is 1.00 bits per heavy atom. The van der Waals surface area contributed by atoms with Crippen LogP contribution in [0.2, 0.25) is 5.02 Å². The van der Waals surface area contributed by atoms with E-state index >= 15 is 0 Å². The van der Waals surface area contributed by atoms with Crippen molar-refractivity contribution in [3.63, 3.8) is 0 Å². The molecule has 2 rings (SSSR count). The Labute approximate surface area is 170 Å². The summed E-state index contributed by atoms with van der Waals surface area (Å²) in [5, 5.41) is 1.80. The Morgan fingerprint density at radius 2 is 1.60 bits per heavy atom. The van der Waals surface area contributed by atoms with Gasteiger partial charge < -0.3 is 14.8 Å². The van der Waals surface area contributed by atoms with E-state index in [0.29, 0.717) is 6.07 Å². The van der Waals surface area contributed by atoms with Gasteiger partial charge in [-0.1, -0.05) is 11.6 Å². The molecule has 0 saturated heterocycles. The van der Waals surface area contributed by atoms with Crippen LogP contribution in [-0.2, 0) is 15.7 Å². The second-order valence-corrected chi connectivity index (χ2v) is 6.23. The monoisotopic (exact) mass is 455 g/mol. The number of alkyl halides is 6. The van der Waals surface area contributed by atoms with Crippen molar-refractivity contribution in [2.45, 2.75) is 25.6 Å². The summed E-state index contributed by atoms with van der Waals surface area (Å²) in [5.41, 5.74) is -1.98. The first-order chi connectivity index (χ1) is 13.8. The fourth-order valence-electron chi connectivity index (χ4n) is 2.17. The largest absolute Gasteiger partial charge is 0.573 e. The highest BCUT2D eigenvalue weighted by molar-refractivity contribution is 6.30. The Morgan fingerprint density at radius 3 is 2.13 bits per heavy atom. The molecule has 12 heteroatoms. The molecule has 0 bridgehead atoms. The van der Waals surface area contributed by atoms with Crippen molar-refractivity contribution in [2.75, 3.05) is 5.32 Å². The predicted molar refractivity (Wildman–Crippen MR) is 93.1 cm³/mol. The van der Waals surface area contributed by atoms with Gasteiger partial charge >= 0.3 is 18.5 Å². The molecule has 162 valence electrons. The number of benzene rings is 2. The van der Waals surface area contributed by atoms with Crippen molar-refractivity contribution in [3.05, 3.63) is 58.6 Å². The maximum Gasteiger partial charge on any atom is 0.573 e. The third kappa shape index (κ3) is 6.55. The van der Waals surface area contributed by atoms with E-state index in [1.165, 1.54) is 0 Å². The molecule has 0 spiro atoms. The van der Waals surface area contributed by atoms with Crippen LogP contribution in [0.1, 0.15) is 22.8 Å². The standard InChI is InChI=1S/C18H12ClF6NO4/c1-9(15(27)26-14-7-4-11(19)8-13(14)17(20,21)22)29-16(28)10-2-5-12(6-3-10)30-18(23,24)25/h2-9H,1H3,(H,26,27). The first kappa shape index (κ1) is 23.3. The maximum atomic E-state index is 13.1. The highest BCUT2D eigenvalue weighted by Crippen LogP contribution is 2.36. The van der Waals surface area contributed by atoms with E-state index in [4.69, 9.17) is 16.3 Å². The minimum Gasteiger partial charge on any atom is -0.449 e. The molecular weight excluding hydrogens is 444 g/mol. The van der Waals surface area contributed by atoms with E-state index in [-0.39, 0.29) is 10.6 Å². The Bertz CT molecular complexity index is 928. The summed E-state index contributed by atoms with van der Waals surface area (Å²) in [4.78, 5) is 24.1. The van der Waals surface area contributed by atoms with Crippen molar-refractivity contribution in [1.29, 1.82) is 0 Å². The third-order valence-corrected chi connectivity index (χ3v) is 3.76. The highest BCUT2D eigenvalue weighted by atomic mass is 35.5. The van der Waals surface area contributed by atoms with Crippen molar-refractivity contribution in [3.8, 4) is 5.75 Å². The fourth-order valence-corrected chi connectivity index (χ4v) is 2.34. The number of rotatable bonds is 5. The Kier molecular flexibility index (Phi) is 6.86. The molecule has 0 fully saturated rings. The summed E-state index contributed by atoms with van der Waals surface area (Å²) in [6.07, 6.45) is -11.2. The molecule has 30 heavy (non-hydrogen) atoms. The molecule has 0 radical (unpaired) electrons. The average molecular weight is 456 g/mol. The third-order valence-electron chi connectivity index (χ3n) is 3.52. The highest BCUT2D eigenvalue weighted by Gasteiger charge is 2.35. The van der Waals surface area contributed by atoms with E-state index < -0.39 is 47.5 Å². The van der Waals surface area contributed by atoms with E-state index in [9.17, 15) is 35.9 Å². The Hall–Kier alpha value is -2.95. The molecule has 0 heterocycles. The smallest absolute Gasteiger partial charge is 0.449 e. The summed E-state index contributed by atoms with van der Waals surface area (Å²) in [6, 6.07) is 6.35. The van der Waals surface area contributed by atoms with Gasteiger partial charge in [-0.15, -0.1) is 13.2 Å². The zero-order valence-corrected chi connectivity index (χ0v) is 15.7. The van der Waals surface area contributed by atoms with Gasteiger partial charge in [0.15, 0.2) is 6.10 Å². The first-order valence-electron chi connectivity index (χ1n) is 8.00. The molecule has 0 aliphatic carbocycles. The topological polar surface area (TPSA) is 64.6 Å². The van der Waals surface area contributed by atoms with Crippen LogP contribution in [0.25, 0.3) is 0 Å². The van der Waals surface area contributed by atoms with Crippen molar-refractivity contribution in [1.82, 2.24) is 0 Å². The van der Waals surface area contributed by atoms with Crippen LogP contribution in [0.5, 0.6) is 5.75 Å². The number of hydrogen-bond donors (Lipinski definition) is 1. The van der Waals surface area contributed by atoms with Crippen LogP contribution in [-0.4, -0.2) is 24.3 Å². The summed E-state index contributed by atoms with van der Waals surface area (Å²) in [6.45, 7) is 1.11. The molecular formula is C18H12ClF6NO4. The average Bonchev–Trinajstić information content (AvgIpc) is 2.61. The van der Waals surface area contributed by atoms with Crippen molar-refractivity contribution in [2.24, 2.45) is 0 Å². The van der Waals surface area contributed by atoms with Crippen LogP contribution in [0.3, 0.4) is 0 Å². The van der Waals surface area contributed by atoms with Gasteiger partial charge in [0.2, 0.25) is 0 Å². The number of hydrogen-bond acceptors (Lipinski definition) is 4. The van der Waals surface area contributed by atoms with Gasteiger partial charge in [0, 0.05) is 5.02 Å². The quantitative estimate of drug-likeness (QED) is 0.481. The number of amides is 1. The minimum absolute atomic E-state index is 0.197. The Balaban J connectivity index is 2.05. The summed E-state index contributed by atoms with van der Waals surface area (Å²) in [7, 11) is 0. The molecule has 0 aliphatic heterocycles. The molecule has 1 amide bonds. The molecule has 1 unspecified atom stereocenters.